The van der Waals surface area contributed by atoms with E-state index in [1.807, 2.05) is 41.4 Å². The van der Waals surface area contributed by atoms with E-state index in [9.17, 15) is 27.6 Å². The van der Waals surface area contributed by atoms with Gasteiger partial charge in [-0.3, -0.25) is 33.7 Å². The van der Waals surface area contributed by atoms with Crippen LogP contribution in [-0.2, 0) is 37.1 Å². The van der Waals surface area contributed by atoms with Gasteiger partial charge in [0.15, 0.2) is 0 Å². The zero-order chi connectivity index (χ0) is 42.7. The van der Waals surface area contributed by atoms with Gasteiger partial charge in [-0.2, -0.15) is 22.0 Å². The van der Waals surface area contributed by atoms with Gasteiger partial charge in [-0.1, -0.05) is 37.6 Å². The van der Waals surface area contributed by atoms with Crippen molar-refractivity contribution in [1.29, 1.82) is 0 Å². The van der Waals surface area contributed by atoms with Crippen molar-refractivity contribution in [3.63, 3.8) is 0 Å². The number of benzene rings is 2. The average Bonchev–Trinajstić information content (AvgIpc) is 3.83. The third kappa shape index (κ3) is 6.23. The summed E-state index contributed by atoms with van der Waals surface area (Å²) in [6.07, 6.45) is 10.5. The second-order valence-electron chi connectivity index (χ2n) is 19.2. The minimum Gasteiger partial charge on any atom is -0.371 e. The molecule has 62 heavy (non-hydrogen) atoms. The molecule has 2 spiro atoms. The van der Waals surface area contributed by atoms with Crippen LogP contribution in [0.4, 0.5) is 17.5 Å². The van der Waals surface area contributed by atoms with Crippen LogP contribution in [0.5, 0.6) is 0 Å². The van der Waals surface area contributed by atoms with Crippen molar-refractivity contribution in [3.8, 4) is 11.1 Å². The van der Waals surface area contributed by atoms with Crippen molar-refractivity contribution in [2.45, 2.75) is 101 Å². The van der Waals surface area contributed by atoms with Gasteiger partial charge in [0.25, 0.3) is 10.2 Å². The predicted octanol–water partition coefficient (Wildman–Crippen LogP) is 4.07. The van der Waals surface area contributed by atoms with Gasteiger partial charge in [-0.05, 0) is 87.5 Å². The Labute approximate surface area is 360 Å². The molecule has 3 unspecified atom stereocenters. The average molecular weight is 863 g/mol. The van der Waals surface area contributed by atoms with Crippen molar-refractivity contribution >= 4 is 56.4 Å². The molecule has 2 aromatic heterocycles. The fraction of sp³-hybridized carbons (Fsp3) is 0.556. The molecule has 2 saturated carbocycles. The Morgan fingerprint density at radius 3 is 2.40 bits per heavy atom. The zero-order valence-electron chi connectivity index (χ0n) is 35.4. The number of carbonyl (C=O) groups excluding carboxylic acids is 3. The van der Waals surface area contributed by atoms with Gasteiger partial charge in [0.05, 0.1) is 16.4 Å². The third-order valence-corrected chi connectivity index (χ3v) is 17.2. The Kier molecular flexibility index (Phi) is 9.26. The molecule has 16 nitrogen and oxygen atoms in total. The molecule has 2 aliphatic carbocycles. The smallest absolute Gasteiger partial charge is 0.329 e. The molecule has 17 heteroatoms. The molecule has 3 amide bonds. The van der Waals surface area contributed by atoms with E-state index in [2.05, 4.69) is 39.6 Å². The van der Waals surface area contributed by atoms with Crippen LogP contribution in [-0.4, -0.2) is 105 Å². The number of rotatable bonds is 8. The molecule has 5 aliphatic heterocycles. The topological polar surface area (TPSA) is 175 Å². The normalized spacial score (nSPS) is 26.4. The summed E-state index contributed by atoms with van der Waals surface area (Å²) >= 11 is 0. The largest absolute Gasteiger partial charge is 0.371 e. The Hall–Kier alpha value is -5.13. The minimum atomic E-state index is -3.63. The number of imide groups is 1. The van der Waals surface area contributed by atoms with Crippen LogP contribution in [0.1, 0.15) is 89.2 Å². The van der Waals surface area contributed by atoms with E-state index in [-0.39, 0.29) is 47.8 Å². The van der Waals surface area contributed by atoms with Crippen molar-refractivity contribution < 1.29 is 22.8 Å². The first-order chi connectivity index (χ1) is 29.9. The number of fused-ring (bicyclic) bond motifs is 3. The number of aromatic nitrogens is 4. The minimum absolute atomic E-state index is 0.0258. The Balaban J connectivity index is 0.739. The van der Waals surface area contributed by atoms with E-state index in [0.29, 0.717) is 56.4 Å². The van der Waals surface area contributed by atoms with Gasteiger partial charge < -0.3 is 10.2 Å². The third-order valence-electron chi connectivity index (χ3n) is 15.3. The van der Waals surface area contributed by atoms with Crippen LogP contribution in [0, 0.1) is 11.3 Å². The maximum atomic E-state index is 14.0. The molecule has 326 valence electrons. The number of nitrogens with zero attached hydrogens (tertiary/aromatic N) is 8. The second-order valence-corrected chi connectivity index (χ2v) is 21.1. The molecule has 2 N–H and O–H groups in total. The number of nitrogens with one attached hydrogen (secondary N) is 2. The van der Waals surface area contributed by atoms with E-state index in [0.717, 1.165) is 91.7 Å². The predicted molar refractivity (Wildman–Crippen MR) is 234 cm³/mol. The van der Waals surface area contributed by atoms with Gasteiger partial charge in [0.1, 0.15) is 11.9 Å². The maximum Gasteiger partial charge on any atom is 0.329 e. The van der Waals surface area contributed by atoms with E-state index >= 15 is 0 Å². The fourth-order valence-corrected chi connectivity index (χ4v) is 13.6. The van der Waals surface area contributed by atoms with Crippen molar-refractivity contribution in [1.82, 2.24) is 33.0 Å². The molecule has 3 atom stereocenters. The number of amides is 3. The Morgan fingerprint density at radius 1 is 0.871 bits per heavy atom. The highest BCUT2D eigenvalue weighted by atomic mass is 32.2. The molecule has 4 aromatic rings. The van der Waals surface area contributed by atoms with Crippen molar-refractivity contribution in [2.24, 2.45) is 18.4 Å². The van der Waals surface area contributed by atoms with E-state index < -0.39 is 27.6 Å². The van der Waals surface area contributed by atoms with Crippen LogP contribution in [0.2, 0.25) is 0 Å². The number of hydrogen-bond donors (Lipinski definition) is 2. The quantitative estimate of drug-likeness (QED) is 0.246. The number of aryl methyl sites for hydroxylation is 1. The first kappa shape index (κ1) is 39.7. The zero-order valence-corrected chi connectivity index (χ0v) is 36.2. The molecule has 4 saturated heterocycles. The Morgan fingerprint density at radius 2 is 1.66 bits per heavy atom. The lowest BCUT2D eigenvalue weighted by Crippen LogP contribution is -2.66. The molecular formula is C45H54N10O6S. The molecule has 11 rings (SSSR count). The molecule has 0 bridgehead atoms. The monoisotopic (exact) mass is 862 g/mol. The summed E-state index contributed by atoms with van der Waals surface area (Å²) in [5, 5.41) is 5.88. The molecule has 7 aliphatic rings. The van der Waals surface area contributed by atoms with Gasteiger partial charge >= 0.3 is 5.69 Å². The Bertz CT molecular complexity index is 2700. The van der Waals surface area contributed by atoms with Gasteiger partial charge in [0.2, 0.25) is 23.7 Å². The standard InChI is InChI=1S/C45H54N10O6S/c1-28-7-3-11-34(28)55-39-33(45(18-19-45)41(55)58)24-46-42(49-39)47-30-15-21-52(22-16-30)62(60,61)53-26-44(27-53)17-6-20-51(25-44)31-9-4-8-29(23-31)32-10-5-12-35-38(32)50(2)43(59)54(35)36-13-14-37(56)48-40(36)57/h4-5,8-10,12,23-24,28,30,34,36H,3,6-7,11,13-22,25-27H2,1-2H3,(H,46,47,49)(H,48,56,57). The lowest BCUT2D eigenvalue weighted by Gasteiger charge is -2.55. The molecule has 7 heterocycles. The summed E-state index contributed by atoms with van der Waals surface area (Å²) in [4.78, 5) is 65.9. The van der Waals surface area contributed by atoms with Gasteiger partial charge in [-0.25, -0.2) is 9.78 Å². The van der Waals surface area contributed by atoms with E-state index in [1.165, 1.54) is 4.57 Å². The van der Waals surface area contributed by atoms with E-state index in [4.69, 9.17) is 4.98 Å². The first-order valence-corrected chi connectivity index (χ1v) is 23.9. The number of piperidine rings is 3. The first-order valence-electron chi connectivity index (χ1n) is 22.5. The highest BCUT2D eigenvalue weighted by Gasteiger charge is 2.62. The number of carbonyl (C=O) groups is 3. The lowest BCUT2D eigenvalue weighted by molar-refractivity contribution is -0.135. The number of anilines is 3. The SMILES string of the molecule is CC1CCCC1N1C(=O)C2(CC2)c2cnc(NC3CCN(S(=O)(=O)N4CC5(CCCN(c6cccc(-c7cccc8c7n(C)c(=O)n8C7CCC(=O)NC7=O)c6)C5)C4)CC3)nc21. The molecular weight excluding hydrogens is 809 g/mol. The highest BCUT2D eigenvalue weighted by Crippen LogP contribution is 2.58. The van der Waals surface area contributed by atoms with Crippen LogP contribution in [0.3, 0.4) is 0 Å². The van der Waals surface area contributed by atoms with Crippen molar-refractivity contribution in [3.05, 3.63) is 64.7 Å². The van der Waals surface area contributed by atoms with Crippen molar-refractivity contribution in [2.75, 3.05) is 54.4 Å². The van der Waals surface area contributed by atoms with Gasteiger partial charge in [-0.15, -0.1) is 0 Å². The van der Waals surface area contributed by atoms with E-state index in [1.54, 1.807) is 20.2 Å². The summed E-state index contributed by atoms with van der Waals surface area (Å²) in [6, 6.07) is 13.4. The summed E-state index contributed by atoms with van der Waals surface area (Å²) in [7, 11) is -1.92. The molecule has 2 aromatic carbocycles. The van der Waals surface area contributed by atoms with Crippen LogP contribution in [0.25, 0.3) is 22.2 Å². The highest BCUT2D eigenvalue weighted by molar-refractivity contribution is 7.86. The lowest BCUT2D eigenvalue weighted by atomic mass is 9.74. The summed E-state index contributed by atoms with van der Waals surface area (Å²) < 4.78 is 34.4. The molecule has 6 fully saturated rings. The molecule has 0 radical (unpaired) electrons. The summed E-state index contributed by atoms with van der Waals surface area (Å²) in [5.41, 5.74) is 4.29. The van der Waals surface area contributed by atoms with Crippen LogP contribution < -0.4 is 26.1 Å². The van der Waals surface area contributed by atoms with Crippen LogP contribution >= 0.6 is 0 Å². The number of hydrogen-bond acceptors (Lipinski definition) is 10. The van der Waals surface area contributed by atoms with Crippen LogP contribution in [0.15, 0.2) is 53.5 Å². The summed E-state index contributed by atoms with van der Waals surface area (Å²) in [5.74, 6) is 1.13. The number of para-hydroxylation sites is 1. The summed E-state index contributed by atoms with van der Waals surface area (Å²) in [6.45, 7) is 5.63. The number of imidazole rings is 1. The second kappa shape index (κ2) is 14.5. The van der Waals surface area contributed by atoms with Gasteiger partial charge in [0, 0.05) is 93.2 Å². The fourth-order valence-electron chi connectivity index (χ4n) is 11.7. The maximum absolute atomic E-state index is 14.0.